The molecular weight excluding hydrogens is 378 g/mol. The highest BCUT2D eigenvalue weighted by molar-refractivity contribution is 6.08. The summed E-state index contributed by atoms with van der Waals surface area (Å²) in [4.78, 5) is 33.8. The molecule has 1 atom stereocenters. The maximum atomic E-state index is 13.1. The van der Waals surface area contributed by atoms with Gasteiger partial charge in [0.15, 0.2) is 0 Å². The van der Waals surface area contributed by atoms with Gasteiger partial charge in [-0.15, -0.1) is 0 Å². The third kappa shape index (κ3) is 4.17. The molecule has 0 aliphatic heterocycles. The largest absolute Gasteiger partial charge is 0.480 e. The van der Waals surface area contributed by atoms with Gasteiger partial charge in [-0.1, -0.05) is 54.6 Å². The van der Waals surface area contributed by atoms with Gasteiger partial charge in [-0.2, -0.15) is 0 Å². The number of nitrogens with zero attached hydrogens (tertiary/aromatic N) is 2. The molecule has 0 aliphatic rings. The molecule has 4 aromatic rings. The van der Waals surface area contributed by atoms with Gasteiger partial charge in [0.05, 0.1) is 22.5 Å². The zero-order valence-electron chi connectivity index (χ0n) is 16.0. The molecule has 0 bridgehead atoms. The molecule has 6 heteroatoms. The SMILES string of the molecule is O=C(N[C@@H](Cc1ccccc1)C(=O)O)c1cc(-c2ccccn2)nc2ccccc12. The minimum Gasteiger partial charge on any atom is -0.480 e. The third-order valence-corrected chi connectivity index (χ3v) is 4.77. The predicted molar refractivity (Wildman–Crippen MR) is 114 cm³/mol. The number of fused-ring (bicyclic) bond motifs is 1. The number of para-hydroxylation sites is 1. The predicted octanol–water partition coefficient (Wildman–Crippen LogP) is 3.72. The van der Waals surface area contributed by atoms with Gasteiger partial charge < -0.3 is 10.4 Å². The number of benzene rings is 2. The molecule has 4 rings (SSSR count). The smallest absolute Gasteiger partial charge is 0.326 e. The summed E-state index contributed by atoms with van der Waals surface area (Å²) in [7, 11) is 0. The Kier molecular flexibility index (Phi) is 5.48. The number of rotatable bonds is 6. The number of nitrogens with one attached hydrogen (secondary N) is 1. The van der Waals surface area contributed by atoms with Crippen molar-refractivity contribution in [1.82, 2.24) is 15.3 Å². The number of pyridine rings is 2. The van der Waals surface area contributed by atoms with Crippen molar-refractivity contribution in [1.29, 1.82) is 0 Å². The van der Waals surface area contributed by atoms with E-state index >= 15 is 0 Å². The van der Waals surface area contributed by atoms with E-state index in [1.54, 1.807) is 24.4 Å². The highest BCUT2D eigenvalue weighted by Gasteiger charge is 2.23. The van der Waals surface area contributed by atoms with Gasteiger partial charge in [0.25, 0.3) is 5.91 Å². The molecule has 0 unspecified atom stereocenters. The molecule has 6 nitrogen and oxygen atoms in total. The number of aliphatic carboxylic acids is 1. The molecule has 0 saturated carbocycles. The molecule has 0 saturated heterocycles. The van der Waals surface area contributed by atoms with Gasteiger partial charge in [0.2, 0.25) is 0 Å². The first-order chi connectivity index (χ1) is 14.6. The third-order valence-electron chi connectivity index (χ3n) is 4.77. The van der Waals surface area contributed by atoms with Crippen molar-refractivity contribution in [2.24, 2.45) is 0 Å². The second-order valence-electron chi connectivity index (χ2n) is 6.84. The molecule has 0 radical (unpaired) electrons. The number of carbonyl (C=O) groups is 2. The first-order valence-electron chi connectivity index (χ1n) is 9.50. The maximum Gasteiger partial charge on any atom is 0.326 e. The second-order valence-corrected chi connectivity index (χ2v) is 6.84. The standard InChI is InChI=1S/C24H19N3O3/c28-23(27-22(24(29)30)14-16-8-2-1-3-9-16)18-15-21(20-12-6-7-13-25-20)26-19-11-5-4-10-17(18)19/h1-13,15,22H,14H2,(H,27,28)(H,29,30)/t22-/m0/s1. The molecule has 30 heavy (non-hydrogen) atoms. The molecule has 2 N–H and O–H groups in total. The molecule has 0 fully saturated rings. The molecule has 0 spiro atoms. The van der Waals surface area contributed by atoms with Crippen LogP contribution in [0.5, 0.6) is 0 Å². The Morgan fingerprint density at radius 2 is 1.63 bits per heavy atom. The number of hydrogen-bond acceptors (Lipinski definition) is 4. The summed E-state index contributed by atoms with van der Waals surface area (Å²) in [5.74, 6) is -1.55. The van der Waals surface area contributed by atoms with Gasteiger partial charge in [0.1, 0.15) is 6.04 Å². The van der Waals surface area contributed by atoms with Crippen molar-refractivity contribution in [3.8, 4) is 11.4 Å². The highest BCUT2D eigenvalue weighted by Crippen LogP contribution is 2.24. The van der Waals surface area contributed by atoms with Crippen molar-refractivity contribution < 1.29 is 14.7 Å². The fourth-order valence-corrected chi connectivity index (χ4v) is 3.29. The first kappa shape index (κ1) is 19.3. The Balaban J connectivity index is 1.70. The lowest BCUT2D eigenvalue weighted by Gasteiger charge is -2.16. The van der Waals surface area contributed by atoms with Crippen LogP contribution in [0.2, 0.25) is 0 Å². The fourth-order valence-electron chi connectivity index (χ4n) is 3.29. The molecule has 148 valence electrons. The van der Waals surface area contributed by atoms with Crippen LogP contribution in [0.3, 0.4) is 0 Å². The lowest BCUT2D eigenvalue weighted by Crippen LogP contribution is -2.42. The minimum atomic E-state index is -1.09. The van der Waals surface area contributed by atoms with Crippen LogP contribution in [-0.2, 0) is 11.2 Å². The van der Waals surface area contributed by atoms with E-state index in [1.807, 2.05) is 60.7 Å². The highest BCUT2D eigenvalue weighted by atomic mass is 16.4. The molecule has 2 heterocycles. The summed E-state index contributed by atoms with van der Waals surface area (Å²) in [5.41, 5.74) is 3.02. The summed E-state index contributed by atoms with van der Waals surface area (Å²) in [5, 5.41) is 13.0. The maximum absolute atomic E-state index is 13.1. The van der Waals surface area contributed by atoms with E-state index < -0.39 is 17.9 Å². The van der Waals surface area contributed by atoms with Gasteiger partial charge in [0, 0.05) is 18.0 Å². The van der Waals surface area contributed by atoms with Crippen LogP contribution >= 0.6 is 0 Å². The van der Waals surface area contributed by atoms with E-state index in [-0.39, 0.29) is 6.42 Å². The van der Waals surface area contributed by atoms with Crippen LogP contribution in [-0.4, -0.2) is 33.0 Å². The normalized spacial score (nSPS) is 11.7. The van der Waals surface area contributed by atoms with Crippen LogP contribution in [0.4, 0.5) is 0 Å². The zero-order chi connectivity index (χ0) is 20.9. The number of carbonyl (C=O) groups excluding carboxylic acids is 1. The monoisotopic (exact) mass is 397 g/mol. The van der Waals surface area contributed by atoms with Crippen LogP contribution in [0, 0.1) is 0 Å². The number of carboxylic acid groups (broad SMARTS) is 1. The van der Waals surface area contributed by atoms with E-state index in [9.17, 15) is 14.7 Å². The topological polar surface area (TPSA) is 92.2 Å². The van der Waals surface area contributed by atoms with Gasteiger partial charge in [-0.05, 0) is 29.8 Å². The summed E-state index contributed by atoms with van der Waals surface area (Å²) < 4.78 is 0. The number of hydrogen-bond donors (Lipinski definition) is 2. The molecule has 2 aromatic carbocycles. The lowest BCUT2D eigenvalue weighted by atomic mass is 10.0. The van der Waals surface area contributed by atoms with Gasteiger partial charge >= 0.3 is 5.97 Å². The van der Waals surface area contributed by atoms with Crippen molar-refractivity contribution in [2.75, 3.05) is 0 Å². The average molecular weight is 397 g/mol. The van der Waals surface area contributed by atoms with Gasteiger partial charge in [-0.25, -0.2) is 9.78 Å². The summed E-state index contributed by atoms with van der Waals surface area (Å²) >= 11 is 0. The summed E-state index contributed by atoms with van der Waals surface area (Å²) in [6.07, 6.45) is 1.85. The number of aromatic nitrogens is 2. The Morgan fingerprint density at radius 1 is 0.900 bits per heavy atom. The Labute approximate surface area is 173 Å². The van der Waals surface area contributed by atoms with Crippen LogP contribution in [0.1, 0.15) is 15.9 Å². The lowest BCUT2D eigenvalue weighted by molar-refractivity contribution is -0.139. The van der Waals surface area contributed by atoms with Crippen molar-refractivity contribution >= 4 is 22.8 Å². The fraction of sp³-hybridized carbons (Fsp3) is 0.0833. The number of carboxylic acids is 1. The Bertz CT molecular complexity index is 1190. The summed E-state index contributed by atoms with van der Waals surface area (Å²) in [6, 6.07) is 22.6. The minimum absolute atomic E-state index is 0.192. The van der Waals surface area contributed by atoms with E-state index in [0.29, 0.717) is 27.9 Å². The van der Waals surface area contributed by atoms with Crippen LogP contribution < -0.4 is 5.32 Å². The molecule has 2 aromatic heterocycles. The van der Waals surface area contributed by atoms with Gasteiger partial charge in [-0.3, -0.25) is 9.78 Å². The van der Waals surface area contributed by atoms with E-state index in [4.69, 9.17) is 0 Å². The van der Waals surface area contributed by atoms with Crippen molar-refractivity contribution in [3.05, 3.63) is 96.2 Å². The molecule has 1 amide bonds. The quantitative estimate of drug-likeness (QED) is 0.517. The zero-order valence-corrected chi connectivity index (χ0v) is 16.0. The van der Waals surface area contributed by atoms with Crippen molar-refractivity contribution in [2.45, 2.75) is 12.5 Å². The molecular formula is C24H19N3O3. The molecule has 0 aliphatic carbocycles. The average Bonchev–Trinajstić information content (AvgIpc) is 2.79. The second kappa shape index (κ2) is 8.53. The van der Waals surface area contributed by atoms with Crippen molar-refractivity contribution in [3.63, 3.8) is 0 Å². The van der Waals surface area contributed by atoms with E-state index in [2.05, 4.69) is 15.3 Å². The Morgan fingerprint density at radius 3 is 2.37 bits per heavy atom. The number of amides is 1. The van der Waals surface area contributed by atoms with Crippen LogP contribution in [0.15, 0.2) is 85.1 Å². The van der Waals surface area contributed by atoms with E-state index in [1.165, 1.54) is 0 Å². The van der Waals surface area contributed by atoms with E-state index in [0.717, 1.165) is 5.56 Å². The van der Waals surface area contributed by atoms with Crippen LogP contribution in [0.25, 0.3) is 22.3 Å². The Hall–Kier alpha value is -4.06. The summed E-state index contributed by atoms with van der Waals surface area (Å²) in [6.45, 7) is 0. The first-order valence-corrected chi connectivity index (χ1v) is 9.50.